The summed E-state index contributed by atoms with van der Waals surface area (Å²) in [6, 6.07) is -0.850. The van der Waals surface area contributed by atoms with Crippen molar-refractivity contribution in [1.82, 2.24) is 20.0 Å². The summed E-state index contributed by atoms with van der Waals surface area (Å²) in [5, 5.41) is 6.90. The molecule has 0 aliphatic carbocycles. The second kappa shape index (κ2) is 7.92. The van der Waals surface area contributed by atoms with Crippen LogP contribution in [0.3, 0.4) is 0 Å². The van der Waals surface area contributed by atoms with Crippen LogP contribution in [0.2, 0.25) is 0 Å². The monoisotopic (exact) mass is 304 g/mol. The maximum atomic E-state index is 12.5. The molecule has 0 aromatic carbocycles. The highest BCUT2D eigenvalue weighted by Gasteiger charge is 2.21. The van der Waals surface area contributed by atoms with Crippen LogP contribution in [0.15, 0.2) is 6.20 Å². The number of aromatic nitrogens is 2. The summed E-state index contributed by atoms with van der Waals surface area (Å²) in [5.41, 5.74) is 1.65. The normalized spacial score (nSPS) is 12.5. The number of aryl methyl sites for hydroxylation is 2. The minimum Gasteiger partial charge on any atom is -0.383 e. The SMILES string of the molecule is COCCN(CC(F)F)C(=O)N[C@H](C)c1cn(C)nc1C. The Balaban J connectivity index is 2.68. The molecule has 0 spiro atoms. The number of amides is 2. The Morgan fingerprint density at radius 3 is 2.71 bits per heavy atom. The van der Waals surface area contributed by atoms with Crippen LogP contribution in [-0.4, -0.2) is 53.9 Å². The van der Waals surface area contributed by atoms with Gasteiger partial charge in [0.2, 0.25) is 0 Å². The molecule has 0 aliphatic heterocycles. The molecule has 0 fully saturated rings. The quantitative estimate of drug-likeness (QED) is 0.834. The van der Waals surface area contributed by atoms with Gasteiger partial charge in [-0.2, -0.15) is 5.10 Å². The van der Waals surface area contributed by atoms with E-state index in [4.69, 9.17) is 4.74 Å². The number of alkyl halides is 2. The molecule has 1 rings (SSSR count). The number of nitrogens with one attached hydrogen (secondary N) is 1. The van der Waals surface area contributed by atoms with E-state index in [1.165, 1.54) is 7.11 Å². The van der Waals surface area contributed by atoms with Crippen LogP contribution in [-0.2, 0) is 11.8 Å². The minimum absolute atomic E-state index is 0.116. The van der Waals surface area contributed by atoms with Crippen molar-refractivity contribution in [2.45, 2.75) is 26.3 Å². The summed E-state index contributed by atoms with van der Waals surface area (Å²) in [5.74, 6) is 0. The summed E-state index contributed by atoms with van der Waals surface area (Å²) >= 11 is 0. The topological polar surface area (TPSA) is 59.4 Å². The predicted octanol–water partition coefficient (Wildman–Crippen LogP) is 1.71. The van der Waals surface area contributed by atoms with E-state index in [0.717, 1.165) is 16.2 Å². The van der Waals surface area contributed by atoms with Crippen LogP contribution >= 0.6 is 0 Å². The average Bonchev–Trinajstić information content (AvgIpc) is 2.73. The zero-order chi connectivity index (χ0) is 16.0. The van der Waals surface area contributed by atoms with Gasteiger partial charge in [-0.1, -0.05) is 0 Å². The molecule has 6 nitrogen and oxygen atoms in total. The van der Waals surface area contributed by atoms with Crippen LogP contribution in [0.4, 0.5) is 13.6 Å². The molecule has 0 saturated heterocycles. The first-order chi connectivity index (χ1) is 9.85. The lowest BCUT2D eigenvalue weighted by atomic mass is 10.1. The summed E-state index contributed by atoms with van der Waals surface area (Å²) in [7, 11) is 3.24. The predicted molar refractivity (Wildman–Crippen MR) is 74.3 cm³/mol. The maximum absolute atomic E-state index is 12.5. The van der Waals surface area contributed by atoms with Crippen molar-refractivity contribution in [3.8, 4) is 0 Å². The van der Waals surface area contributed by atoms with Gasteiger partial charge in [-0.05, 0) is 13.8 Å². The van der Waals surface area contributed by atoms with Crippen molar-refractivity contribution in [3.63, 3.8) is 0 Å². The highest BCUT2D eigenvalue weighted by atomic mass is 19.3. The van der Waals surface area contributed by atoms with Crippen LogP contribution < -0.4 is 5.32 Å². The van der Waals surface area contributed by atoms with Gasteiger partial charge in [-0.25, -0.2) is 13.6 Å². The van der Waals surface area contributed by atoms with E-state index in [1.807, 2.05) is 6.92 Å². The fourth-order valence-corrected chi connectivity index (χ4v) is 2.04. The van der Waals surface area contributed by atoms with Gasteiger partial charge >= 0.3 is 6.03 Å². The Kier molecular flexibility index (Phi) is 6.54. The molecule has 1 heterocycles. The molecule has 1 N–H and O–H groups in total. The second-order valence-corrected chi connectivity index (χ2v) is 4.84. The summed E-state index contributed by atoms with van der Waals surface area (Å²) in [6.45, 7) is 3.33. The molecule has 120 valence electrons. The molecular formula is C13H22F2N4O2. The first-order valence-electron chi connectivity index (χ1n) is 6.67. The Hall–Kier alpha value is -1.70. The molecule has 0 bridgehead atoms. The fourth-order valence-electron chi connectivity index (χ4n) is 2.04. The Morgan fingerprint density at radius 1 is 1.57 bits per heavy atom. The van der Waals surface area contributed by atoms with E-state index in [1.54, 1.807) is 24.9 Å². The molecule has 1 aromatic rings. The van der Waals surface area contributed by atoms with Gasteiger partial charge in [0.1, 0.15) is 0 Å². The fraction of sp³-hybridized carbons (Fsp3) is 0.692. The molecule has 1 atom stereocenters. The van der Waals surface area contributed by atoms with E-state index >= 15 is 0 Å². The number of ether oxygens (including phenoxy) is 1. The number of methoxy groups -OCH3 is 1. The molecule has 0 saturated carbocycles. The Labute approximate surface area is 123 Å². The van der Waals surface area contributed by atoms with E-state index in [0.29, 0.717) is 0 Å². The second-order valence-electron chi connectivity index (χ2n) is 4.84. The lowest BCUT2D eigenvalue weighted by Crippen LogP contribution is -2.44. The van der Waals surface area contributed by atoms with Gasteiger partial charge in [0.05, 0.1) is 24.9 Å². The van der Waals surface area contributed by atoms with Crippen LogP contribution in [0.1, 0.15) is 24.2 Å². The molecule has 8 heteroatoms. The third-order valence-corrected chi connectivity index (χ3v) is 3.07. The number of halogens is 2. The summed E-state index contributed by atoms with van der Waals surface area (Å²) in [6.07, 6.45) is -0.782. The molecular weight excluding hydrogens is 282 g/mol. The van der Waals surface area contributed by atoms with E-state index < -0.39 is 19.0 Å². The Morgan fingerprint density at radius 2 is 2.24 bits per heavy atom. The number of hydrogen-bond acceptors (Lipinski definition) is 3. The highest BCUT2D eigenvalue weighted by molar-refractivity contribution is 5.74. The molecule has 21 heavy (non-hydrogen) atoms. The molecule has 0 aliphatic rings. The van der Waals surface area contributed by atoms with Crippen molar-refractivity contribution in [2.75, 3.05) is 26.8 Å². The number of hydrogen-bond donors (Lipinski definition) is 1. The average molecular weight is 304 g/mol. The van der Waals surface area contributed by atoms with Gasteiger partial charge in [-0.15, -0.1) is 0 Å². The van der Waals surface area contributed by atoms with E-state index in [9.17, 15) is 13.6 Å². The number of urea groups is 1. The van der Waals surface area contributed by atoms with E-state index in [2.05, 4.69) is 10.4 Å². The Bertz CT molecular complexity index is 465. The van der Waals surface area contributed by atoms with Crippen molar-refractivity contribution in [1.29, 1.82) is 0 Å². The standard InChI is InChI=1S/C13H22F2N4O2/c1-9(11-7-18(3)17-10(11)2)16-13(20)19(5-6-21-4)8-12(14)15/h7,9,12H,5-6,8H2,1-4H3,(H,16,20)/t9-/m1/s1. The summed E-state index contributed by atoms with van der Waals surface area (Å²) in [4.78, 5) is 13.1. The molecule has 2 amide bonds. The number of nitrogens with zero attached hydrogens (tertiary/aromatic N) is 3. The lowest BCUT2D eigenvalue weighted by Gasteiger charge is -2.24. The van der Waals surface area contributed by atoms with Crippen molar-refractivity contribution in [3.05, 3.63) is 17.5 Å². The first-order valence-corrected chi connectivity index (χ1v) is 6.67. The number of rotatable bonds is 7. The zero-order valence-electron chi connectivity index (χ0n) is 12.8. The van der Waals surface area contributed by atoms with Crippen molar-refractivity contribution >= 4 is 6.03 Å². The van der Waals surface area contributed by atoms with Crippen molar-refractivity contribution in [2.24, 2.45) is 7.05 Å². The third-order valence-electron chi connectivity index (χ3n) is 3.07. The highest BCUT2D eigenvalue weighted by Crippen LogP contribution is 2.16. The van der Waals surface area contributed by atoms with Crippen LogP contribution in [0.5, 0.6) is 0 Å². The minimum atomic E-state index is -2.58. The molecule has 1 aromatic heterocycles. The van der Waals surface area contributed by atoms with Crippen LogP contribution in [0.25, 0.3) is 0 Å². The molecule has 0 unspecified atom stereocenters. The van der Waals surface area contributed by atoms with E-state index in [-0.39, 0.29) is 19.2 Å². The summed E-state index contributed by atoms with van der Waals surface area (Å²) < 4.78 is 31.5. The van der Waals surface area contributed by atoms with Gasteiger partial charge in [0, 0.05) is 32.5 Å². The zero-order valence-corrected chi connectivity index (χ0v) is 12.8. The third kappa shape index (κ3) is 5.30. The van der Waals surface area contributed by atoms with Gasteiger partial charge in [0.25, 0.3) is 6.43 Å². The molecule has 0 radical (unpaired) electrons. The maximum Gasteiger partial charge on any atom is 0.318 e. The number of carbonyl (C=O) groups excluding carboxylic acids is 1. The van der Waals surface area contributed by atoms with Crippen molar-refractivity contribution < 1.29 is 18.3 Å². The van der Waals surface area contributed by atoms with Gasteiger partial charge < -0.3 is 15.0 Å². The van der Waals surface area contributed by atoms with Crippen LogP contribution in [0, 0.1) is 6.92 Å². The van der Waals surface area contributed by atoms with Gasteiger partial charge in [0.15, 0.2) is 0 Å². The smallest absolute Gasteiger partial charge is 0.318 e. The largest absolute Gasteiger partial charge is 0.383 e. The number of carbonyl (C=O) groups is 1. The first kappa shape index (κ1) is 17.4. The lowest BCUT2D eigenvalue weighted by molar-refractivity contribution is 0.0827. The van der Waals surface area contributed by atoms with Gasteiger partial charge in [-0.3, -0.25) is 4.68 Å².